The van der Waals surface area contributed by atoms with Gasteiger partial charge in [0.15, 0.2) is 0 Å². The molecule has 10 nitrogen and oxygen atoms in total. The Labute approximate surface area is 178 Å². The number of urea groups is 1. The Bertz CT molecular complexity index is 1170. The molecule has 0 radical (unpaired) electrons. The van der Waals surface area contributed by atoms with Crippen molar-refractivity contribution >= 4 is 33.4 Å². The molecule has 0 saturated carbocycles. The third kappa shape index (κ3) is 4.07. The smallest absolute Gasteiger partial charge is 0.336 e. The van der Waals surface area contributed by atoms with Crippen LogP contribution >= 0.6 is 0 Å². The van der Waals surface area contributed by atoms with Crippen molar-refractivity contribution in [2.75, 3.05) is 18.4 Å². The molecule has 0 saturated heterocycles. The highest BCUT2D eigenvalue weighted by molar-refractivity contribution is 7.90. The van der Waals surface area contributed by atoms with E-state index >= 15 is 0 Å². The number of aliphatic imine (C=N–C) groups is 1. The normalized spacial score (nSPS) is 22.8. The van der Waals surface area contributed by atoms with Gasteiger partial charge >= 0.3 is 6.03 Å². The maximum atomic E-state index is 13.9. The van der Waals surface area contributed by atoms with Crippen LogP contribution in [0, 0.1) is 40.3 Å². The Morgan fingerprint density at radius 2 is 2.16 bits per heavy atom. The van der Waals surface area contributed by atoms with Gasteiger partial charge in [0.1, 0.15) is 28.9 Å². The fraction of sp³-hybridized carbons (Fsp3) is 0.421. The number of benzene rings is 1. The summed E-state index contributed by atoms with van der Waals surface area (Å²) in [5.74, 6) is -2.08. The second-order valence-corrected chi connectivity index (χ2v) is 9.17. The fourth-order valence-electron chi connectivity index (χ4n) is 3.73. The Hall–Kier alpha value is -3.51. The van der Waals surface area contributed by atoms with Gasteiger partial charge in [0.25, 0.3) is 10.0 Å². The molecule has 2 heterocycles. The first-order chi connectivity index (χ1) is 14.6. The Kier molecular flexibility index (Phi) is 5.95. The first-order valence-corrected chi connectivity index (χ1v) is 10.8. The van der Waals surface area contributed by atoms with Crippen molar-refractivity contribution < 1.29 is 22.4 Å². The maximum absolute atomic E-state index is 13.9. The highest BCUT2D eigenvalue weighted by Gasteiger charge is 2.41. The molecule has 162 valence electrons. The molecule has 2 unspecified atom stereocenters. The number of hydrogen-bond donors (Lipinski definition) is 2. The second-order valence-electron chi connectivity index (χ2n) is 7.37. The molecule has 3 amide bonds. The van der Waals surface area contributed by atoms with Gasteiger partial charge in [0.2, 0.25) is 5.91 Å². The molecule has 1 aromatic rings. The summed E-state index contributed by atoms with van der Waals surface area (Å²) in [4.78, 5) is 28.5. The number of nitrogens with one attached hydrogen (secondary N) is 2. The first-order valence-electron chi connectivity index (χ1n) is 9.39. The third-order valence-electron chi connectivity index (χ3n) is 5.16. The molecule has 2 aliphatic rings. The molecule has 0 aromatic heterocycles. The van der Waals surface area contributed by atoms with E-state index in [4.69, 9.17) is 10.5 Å². The summed E-state index contributed by atoms with van der Waals surface area (Å²) in [5, 5.41) is 23.1. The predicted octanol–water partition coefficient (Wildman–Crippen LogP) is 1.36. The van der Waals surface area contributed by atoms with Crippen molar-refractivity contribution in [2.45, 2.75) is 31.2 Å². The maximum Gasteiger partial charge on any atom is 0.336 e. The minimum absolute atomic E-state index is 0.0521. The lowest BCUT2D eigenvalue weighted by Crippen LogP contribution is -2.51. The van der Waals surface area contributed by atoms with Crippen molar-refractivity contribution in [2.24, 2.45) is 16.8 Å². The number of carbonyl (C=O) groups excluding carboxylic acids is 2. The predicted molar refractivity (Wildman–Crippen MR) is 107 cm³/mol. The lowest BCUT2D eigenvalue weighted by atomic mass is 9.87. The molecule has 0 aliphatic carbocycles. The van der Waals surface area contributed by atoms with Crippen molar-refractivity contribution in [3.05, 3.63) is 23.5 Å². The molecule has 0 bridgehead atoms. The van der Waals surface area contributed by atoms with Gasteiger partial charge < -0.3 is 10.6 Å². The number of hydrogen-bond acceptors (Lipinski definition) is 7. The molecule has 0 fully saturated rings. The number of rotatable bonds is 4. The second kappa shape index (κ2) is 8.32. The lowest BCUT2D eigenvalue weighted by Gasteiger charge is -2.30. The van der Waals surface area contributed by atoms with Crippen LogP contribution in [0.5, 0.6) is 0 Å². The number of halogens is 1. The number of anilines is 1. The molecule has 2 N–H and O–H groups in total. The minimum Gasteiger partial charge on any atom is -0.347 e. The first kappa shape index (κ1) is 22.2. The van der Waals surface area contributed by atoms with E-state index in [-0.39, 0.29) is 21.8 Å². The zero-order valence-corrected chi connectivity index (χ0v) is 17.5. The van der Waals surface area contributed by atoms with Crippen LogP contribution in [0.2, 0.25) is 0 Å². The van der Waals surface area contributed by atoms with Crippen molar-refractivity contribution in [3.8, 4) is 12.1 Å². The molecule has 2 aliphatic heterocycles. The summed E-state index contributed by atoms with van der Waals surface area (Å²) < 4.78 is 40.0. The van der Waals surface area contributed by atoms with Crippen LogP contribution in [0.15, 0.2) is 22.0 Å². The van der Waals surface area contributed by atoms with Gasteiger partial charge in [-0.3, -0.25) is 9.79 Å². The van der Waals surface area contributed by atoms with Gasteiger partial charge in [-0.15, -0.1) is 0 Å². The van der Waals surface area contributed by atoms with Crippen LogP contribution in [0.3, 0.4) is 0 Å². The van der Waals surface area contributed by atoms with Crippen molar-refractivity contribution in [1.29, 1.82) is 10.5 Å². The van der Waals surface area contributed by atoms with Crippen molar-refractivity contribution in [3.63, 3.8) is 0 Å². The quantitative estimate of drug-likeness (QED) is 0.711. The standard InChI is InChI=1S/C19H19FN6O4S/c1-10-5-12(6-21)8-23-17(10)11(2)24-16(27)9-26-19(28)25-15-4-3-14(20)13(7-22)18(15)31(26,29)30/h3-4,10-12H,5,8-9H2,1-2H3,(H,24,27)(H,25,28)/t10?,11-,12?/m1/s1. The lowest BCUT2D eigenvalue weighted by molar-refractivity contribution is -0.121. The molecular weight excluding hydrogens is 427 g/mol. The van der Waals surface area contributed by atoms with Gasteiger partial charge in [-0.2, -0.15) is 10.5 Å². The van der Waals surface area contributed by atoms with Crippen LogP contribution in [0.4, 0.5) is 14.9 Å². The fourth-order valence-corrected chi connectivity index (χ4v) is 5.29. The van der Waals surface area contributed by atoms with E-state index in [2.05, 4.69) is 21.7 Å². The van der Waals surface area contributed by atoms with E-state index < -0.39 is 50.8 Å². The molecule has 31 heavy (non-hydrogen) atoms. The average Bonchev–Trinajstić information content (AvgIpc) is 2.71. The van der Waals surface area contributed by atoms with Gasteiger partial charge in [0, 0.05) is 5.71 Å². The zero-order chi connectivity index (χ0) is 22.9. The summed E-state index contributed by atoms with van der Waals surface area (Å²) in [5.41, 5.74) is -0.302. The molecule has 1 aromatic carbocycles. The number of sulfonamides is 1. The molecule has 0 spiro atoms. The van der Waals surface area contributed by atoms with Gasteiger partial charge in [-0.1, -0.05) is 6.92 Å². The van der Waals surface area contributed by atoms with E-state index in [1.165, 1.54) is 6.07 Å². The van der Waals surface area contributed by atoms with Crippen LogP contribution in [-0.2, 0) is 14.8 Å². The number of nitrogens with zero attached hydrogens (tertiary/aromatic N) is 4. The van der Waals surface area contributed by atoms with Gasteiger partial charge in [0.05, 0.1) is 30.3 Å². The molecule has 3 atom stereocenters. The number of amides is 3. The highest BCUT2D eigenvalue weighted by Crippen LogP contribution is 2.34. The molecular formula is C19H19FN6O4S. The number of fused-ring (bicyclic) bond motifs is 1. The third-order valence-corrected chi connectivity index (χ3v) is 6.98. The number of nitriles is 2. The summed E-state index contributed by atoms with van der Waals surface area (Å²) in [6.07, 6.45) is 0.595. The number of carbonyl (C=O) groups is 2. The molecule has 3 rings (SSSR count). The topological polar surface area (TPSA) is 156 Å². The van der Waals surface area contributed by atoms with Crippen LogP contribution < -0.4 is 10.6 Å². The van der Waals surface area contributed by atoms with Gasteiger partial charge in [-0.05, 0) is 31.4 Å². The summed E-state index contributed by atoms with van der Waals surface area (Å²) in [6, 6.07) is 3.93. The van der Waals surface area contributed by atoms with Crippen LogP contribution in [0.1, 0.15) is 25.8 Å². The highest BCUT2D eigenvalue weighted by atomic mass is 32.2. The van der Waals surface area contributed by atoms with Crippen LogP contribution in [0.25, 0.3) is 0 Å². The van der Waals surface area contributed by atoms with E-state index in [0.29, 0.717) is 18.7 Å². The average molecular weight is 446 g/mol. The van der Waals surface area contributed by atoms with E-state index in [0.717, 1.165) is 12.1 Å². The zero-order valence-electron chi connectivity index (χ0n) is 16.7. The summed E-state index contributed by atoms with van der Waals surface area (Å²) >= 11 is 0. The monoisotopic (exact) mass is 446 g/mol. The van der Waals surface area contributed by atoms with E-state index in [1.54, 1.807) is 6.92 Å². The minimum atomic E-state index is -4.64. The SMILES string of the molecule is CC1CC(C#N)CN=C1[C@@H](C)NC(=O)CN1C(=O)Nc2ccc(F)c(C#N)c2S1(=O)=O. The Balaban J connectivity index is 1.80. The summed E-state index contributed by atoms with van der Waals surface area (Å²) in [7, 11) is -4.64. The van der Waals surface area contributed by atoms with Crippen molar-refractivity contribution in [1.82, 2.24) is 9.62 Å². The summed E-state index contributed by atoms with van der Waals surface area (Å²) in [6.45, 7) is 3.01. The Morgan fingerprint density at radius 3 is 2.77 bits per heavy atom. The Morgan fingerprint density at radius 1 is 1.45 bits per heavy atom. The van der Waals surface area contributed by atoms with Crippen LogP contribution in [-0.4, -0.2) is 49.5 Å². The van der Waals surface area contributed by atoms with E-state index in [1.807, 2.05) is 6.92 Å². The van der Waals surface area contributed by atoms with E-state index in [9.17, 15) is 22.4 Å². The largest absolute Gasteiger partial charge is 0.347 e. The molecule has 12 heteroatoms. The van der Waals surface area contributed by atoms with Gasteiger partial charge in [-0.25, -0.2) is 21.9 Å².